The molecule has 0 saturated carbocycles. The fraction of sp³-hybridized carbons (Fsp3) is 0.846. The minimum absolute atomic E-state index is 0.0174. The molecule has 2 amide bonds. The molecule has 18 heavy (non-hydrogen) atoms. The summed E-state index contributed by atoms with van der Waals surface area (Å²) >= 11 is 1.87. The first-order chi connectivity index (χ1) is 8.61. The van der Waals surface area contributed by atoms with Gasteiger partial charge in [0.15, 0.2) is 0 Å². The van der Waals surface area contributed by atoms with Crippen molar-refractivity contribution >= 4 is 23.6 Å². The molecule has 1 aliphatic rings. The van der Waals surface area contributed by atoms with Crippen LogP contribution in [0.3, 0.4) is 0 Å². The number of rotatable bonds is 7. The van der Waals surface area contributed by atoms with E-state index < -0.39 is 0 Å². The van der Waals surface area contributed by atoms with Crippen LogP contribution in [0.2, 0.25) is 0 Å². The van der Waals surface area contributed by atoms with Gasteiger partial charge in [0, 0.05) is 6.54 Å². The van der Waals surface area contributed by atoms with Gasteiger partial charge in [-0.25, -0.2) is 0 Å². The Labute approximate surface area is 114 Å². The molecular formula is C13H24N2O2S. The molecule has 2 atom stereocenters. The topological polar surface area (TPSA) is 49.4 Å². The van der Waals surface area contributed by atoms with Gasteiger partial charge in [-0.3, -0.25) is 9.59 Å². The minimum atomic E-state index is -0.322. The van der Waals surface area contributed by atoms with Crippen molar-refractivity contribution in [2.24, 2.45) is 0 Å². The van der Waals surface area contributed by atoms with Crippen LogP contribution in [0.15, 0.2) is 0 Å². The van der Waals surface area contributed by atoms with E-state index in [0.29, 0.717) is 6.54 Å². The van der Waals surface area contributed by atoms with Gasteiger partial charge in [0.05, 0.1) is 0 Å². The maximum atomic E-state index is 12.2. The highest BCUT2D eigenvalue weighted by atomic mass is 32.2. The zero-order valence-corrected chi connectivity index (χ0v) is 12.4. The summed E-state index contributed by atoms with van der Waals surface area (Å²) in [5.41, 5.74) is 0. The summed E-state index contributed by atoms with van der Waals surface area (Å²) in [6, 6.07) is -0.630. The Morgan fingerprint density at radius 3 is 2.67 bits per heavy atom. The molecule has 0 bridgehead atoms. The Morgan fingerprint density at radius 2 is 2.06 bits per heavy atom. The zero-order valence-electron chi connectivity index (χ0n) is 11.6. The monoisotopic (exact) mass is 272 g/mol. The molecule has 2 unspecified atom stereocenters. The van der Waals surface area contributed by atoms with Crippen molar-refractivity contribution in [1.29, 1.82) is 0 Å². The summed E-state index contributed by atoms with van der Waals surface area (Å²) in [6.45, 7) is 6.66. The Kier molecular flexibility index (Phi) is 6.54. The van der Waals surface area contributed by atoms with Crippen LogP contribution in [-0.4, -0.2) is 46.8 Å². The molecule has 4 nitrogen and oxygen atoms in total. The number of piperazine rings is 1. The summed E-state index contributed by atoms with van der Waals surface area (Å²) in [6.07, 6.45) is 2.60. The second-order valence-electron chi connectivity index (χ2n) is 4.61. The van der Waals surface area contributed by atoms with Gasteiger partial charge in [-0.15, -0.1) is 0 Å². The lowest BCUT2D eigenvalue weighted by Crippen LogP contribution is -2.62. The van der Waals surface area contributed by atoms with E-state index in [9.17, 15) is 9.59 Å². The molecule has 0 aromatic carbocycles. The molecule has 1 heterocycles. The zero-order chi connectivity index (χ0) is 13.5. The van der Waals surface area contributed by atoms with Crippen molar-refractivity contribution in [2.75, 3.05) is 18.1 Å². The van der Waals surface area contributed by atoms with Gasteiger partial charge in [-0.1, -0.05) is 20.3 Å². The van der Waals surface area contributed by atoms with Gasteiger partial charge < -0.3 is 10.2 Å². The van der Waals surface area contributed by atoms with Crippen molar-refractivity contribution < 1.29 is 9.59 Å². The molecule has 1 aliphatic heterocycles. The third-order valence-electron chi connectivity index (χ3n) is 3.21. The summed E-state index contributed by atoms with van der Waals surface area (Å²) < 4.78 is 0. The van der Waals surface area contributed by atoms with Gasteiger partial charge in [0.1, 0.15) is 12.1 Å². The molecular weight excluding hydrogens is 248 g/mol. The lowest BCUT2D eigenvalue weighted by molar-refractivity contribution is -0.148. The van der Waals surface area contributed by atoms with Crippen molar-refractivity contribution in [3.63, 3.8) is 0 Å². The number of carbonyl (C=O) groups is 2. The molecule has 1 fully saturated rings. The standard InChI is InChI=1S/C13H24N2O2S/c1-4-7-11-13(17)15(8-6-9-18-5-2)10(3)12(16)14-11/h10-11H,4-9H2,1-3H3,(H,14,16). The van der Waals surface area contributed by atoms with E-state index in [1.54, 1.807) is 4.90 Å². The highest BCUT2D eigenvalue weighted by molar-refractivity contribution is 7.99. The number of thioether (sulfide) groups is 1. The maximum absolute atomic E-state index is 12.2. The van der Waals surface area contributed by atoms with Gasteiger partial charge >= 0.3 is 0 Å². The molecule has 0 aromatic rings. The average molecular weight is 272 g/mol. The highest BCUT2D eigenvalue weighted by Gasteiger charge is 2.36. The van der Waals surface area contributed by atoms with E-state index in [0.717, 1.165) is 30.8 Å². The Morgan fingerprint density at radius 1 is 1.33 bits per heavy atom. The fourth-order valence-corrected chi connectivity index (χ4v) is 2.78. The summed E-state index contributed by atoms with van der Waals surface area (Å²) in [4.78, 5) is 25.8. The third kappa shape index (κ3) is 3.90. The normalized spacial score (nSPS) is 24.3. The predicted molar refractivity (Wildman–Crippen MR) is 75.6 cm³/mol. The third-order valence-corrected chi connectivity index (χ3v) is 4.20. The second kappa shape index (κ2) is 7.67. The van der Waals surface area contributed by atoms with Crippen LogP contribution in [0, 0.1) is 0 Å². The largest absolute Gasteiger partial charge is 0.343 e. The van der Waals surface area contributed by atoms with Crippen LogP contribution in [0.25, 0.3) is 0 Å². The highest BCUT2D eigenvalue weighted by Crippen LogP contribution is 2.14. The Balaban J connectivity index is 2.55. The van der Waals surface area contributed by atoms with Crippen LogP contribution >= 0.6 is 11.8 Å². The molecule has 1 N–H and O–H groups in total. The Bertz CT molecular complexity index is 297. The number of hydrogen-bond acceptors (Lipinski definition) is 3. The van der Waals surface area contributed by atoms with E-state index in [2.05, 4.69) is 12.2 Å². The number of hydrogen-bond donors (Lipinski definition) is 1. The first-order valence-corrected chi connectivity index (χ1v) is 7.95. The van der Waals surface area contributed by atoms with Crippen LogP contribution in [0.4, 0.5) is 0 Å². The van der Waals surface area contributed by atoms with E-state index in [1.165, 1.54) is 0 Å². The van der Waals surface area contributed by atoms with Crippen molar-refractivity contribution in [1.82, 2.24) is 10.2 Å². The SMILES string of the molecule is CCCC1NC(=O)C(C)N(CCCSCC)C1=O. The van der Waals surface area contributed by atoms with E-state index in [4.69, 9.17) is 0 Å². The lowest BCUT2D eigenvalue weighted by atomic mass is 10.0. The fourth-order valence-electron chi connectivity index (χ4n) is 2.16. The number of amides is 2. The van der Waals surface area contributed by atoms with Gasteiger partial charge in [0.2, 0.25) is 11.8 Å². The van der Waals surface area contributed by atoms with E-state index >= 15 is 0 Å². The number of nitrogens with one attached hydrogen (secondary N) is 1. The van der Waals surface area contributed by atoms with Gasteiger partial charge in [-0.2, -0.15) is 11.8 Å². The Hall–Kier alpha value is -0.710. The summed E-state index contributed by atoms with van der Waals surface area (Å²) in [7, 11) is 0. The average Bonchev–Trinajstić information content (AvgIpc) is 2.35. The van der Waals surface area contributed by atoms with E-state index in [-0.39, 0.29) is 23.9 Å². The minimum Gasteiger partial charge on any atom is -0.343 e. The maximum Gasteiger partial charge on any atom is 0.245 e. The molecule has 0 spiro atoms. The molecule has 0 aromatic heterocycles. The first-order valence-electron chi connectivity index (χ1n) is 6.80. The summed E-state index contributed by atoms with van der Waals surface area (Å²) in [5.74, 6) is 2.22. The van der Waals surface area contributed by atoms with Crippen molar-refractivity contribution in [2.45, 2.75) is 52.1 Å². The second-order valence-corrected chi connectivity index (χ2v) is 6.00. The van der Waals surface area contributed by atoms with Crippen LogP contribution in [-0.2, 0) is 9.59 Å². The molecule has 5 heteroatoms. The molecule has 0 aliphatic carbocycles. The first kappa shape index (κ1) is 15.3. The molecule has 1 rings (SSSR count). The predicted octanol–water partition coefficient (Wildman–Crippen LogP) is 1.65. The smallest absolute Gasteiger partial charge is 0.245 e. The van der Waals surface area contributed by atoms with Crippen LogP contribution < -0.4 is 5.32 Å². The van der Waals surface area contributed by atoms with Crippen molar-refractivity contribution in [3.8, 4) is 0 Å². The number of nitrogens with zero attached hydrogens (tertiary/aromatic N) is 1. The molecule has 0 radical (unpaired) electrons. The summed E-state index contributed by atoms with van der Waals surface area (Å²) in [5, 5.41) is 2.81. The van der Waals surface area contributed by atoms with Gasteiger partial charge in [-0.05, 0) is 31.3 Å². The van der Waals surface area contributed by atoms with E-state index in [1.807, 2.05) is 25.6 Å². The lowest BCUT2D eigenvalue weighted by Gasteiger charge is -2.37. The van der Waals surface area contributed by atoms with Crippen LogP contribution in [0.1, 0.15) is 40.0 Å². The molecule has 1 saturated heterocycles. The quantitative estimate of drug-likeness (QED) is 0.717. The van der Waals surface area contributed by atoms with Crippen LogP contribution in [0.5, 0.6) is 0 Å². The number of carbonyl (C=O) groups excluding carboxylic acids is 2. The van der Waals surface area contributed by atoms with Gasteiger partial charge in [0.25, 0.3) is 0 Å². The molecule has 104 valence electrons. The van der Waals surface area contributed by atoms with Crippen molar-refractivity contribution in [3.05, 3.63) is 0 Å².